The van der Waals surface area contributed by atoms with Gasteiger partial charge < -0.3 is 14.8 Å². The number of hydrogen-bond acceptors (Lipinski definition) is 6. The van der Waals surface area contributed by atoms with Gasteiger partial charge in [0.2, 0.25) is 11.2 Å². The maximum Gasteiger partial charge on any atom is 0.227 e. The summed E-state index contributed by atoms with van der Waals surface area (Å²) in [6.07, 6.45) is 4.00. The molecule has 6 nitrogen and oxygen atoms in total. The molecule has 1 heterocycles. The largest absolute Gasteiger partial charge is 0.502 e. The summed E-state index contributed by atoms with van der Waals surface area (Å²) >= 11 is 0. The average molecular weight is 454 g/mol. The monoisotopic (exact) mass is 453 g/mol. The van der Waals surface area contributed by atoms with Crippen LogP contribution in [0.2, 0.25) is 0 Å². The smallest absolute Gasteiger partial charge is 0.227 e. The van der Waals surface area contributed by atoms with Crippen molar-refractivity contribution < 1.29 is 18.5 Å². The minimum Gasteiger partial charge on any atom is -0.502 e. The molecule has 0 radical (unpaired) electrons. The van der Waals surface area contributed by atoms with Crippen molar-refractivity contribution >= 4 is 22.3 Å². The van der Waals surface area contributed by atoms with Crippen LogP contribution in [0, 0.1) is 0 Å². The number of carbonyl (C=O) groups excluding carboxylic acids is 1. The van der Waals surface area contributed by atoms with Crippen molar-refractivity contribution in [1.29, 1.82) is 0 Å². The fourth-order valence-electron chi connectivity index (χ4n) is 3.27. The van der Waals surface area contributed by atoms with Crippen molar-refractivity contribution in [3.8, 4) is 16.9 Å². The van der Waals surface area contributed by atoms with Gasteiger partial charge in [0.15, 0.2) is 11.5 Å². The van der Waals surface area contributed by atoms with Crippen molar-refractivity contribution in [2.24, 2.45) is 0 Å². The number of benzene rings is 2. The Balaban J connectivity index is 1.67. The first-order chi connectivity index (χ1) is 15.4. The Morgan fingerprint density at radius 2 is 1.69 bits per heavy atom. The van der Waals surface area contributed by atoms with E-state index in [1.54, 1.807) is 0 Å². The van der Waals surface area contributed by atoms with Crippen LogP contribution in [0.4, 0.5) is 5.69 Å². The van der Waals surface area contributed by atoms with Gasteiger partial charge in [0, 0.05) is 40.8 Å². The summed E-state index contributed by atoms with van der Waals surface area (Å²) in [5.74, 6) is 0.207. The van der Waals surface area contributed by atoms with E-state index in [-0.39, 0.29) is 29.6 Å². The van der Waals surface area contributed by atoms with E-state index in [9.17, 15) is 18.9 Å². The molecule has 3 aromatic rings. The van der Waals surface area contributed by atoms with Gasteiger partial charge in [0.1, 0.15) is 5.76 Å². The normalized spacial score (nSPS) is 11.8. The van der Waals surface area contributed by atoms with Crippen LogP contribution in [0.25, 0.3) is 11.1 Å². The number of rotatable bonds is 10. The molecule has 7 heteroatoms. The third-order valence-corrected chi connectivity index (χ3v) is 5.72. The molecular formula is C25H27NO5S. The summed E-state index contributed by atoms with van der Waals surface area (Å²) in [5.41, 5.74) is 2.97. The van der Waals surface area contributed by atoms with E-state index >= 15 is 0 Å². The van der Waals surface area contributed by atoms with Crippen LogP contribution in [-0.2, 0) is 23.1 Å². The molecule has 0 fully saturated rings. The summed E-state index contributed by atoms with van der Waals surface area (Å²) in [7, 11) is -1.16. The Hall–Kier alpha value is -3.19. The summed E-state index contributed by atoms with van der Waals surface area (Å²) in [6, 6.07) is 16.4. The predicted molar refractivity (Wildman–Crippen MR) is 127 cm³/mol. The van der Waals surface area contributed by atoms with Crippen molar-refractivity contribution in [2.45, 2.75) is 38.5 Å². The van der Waals surface area contributed by atoms with Crippen LogP contribution in [0.5, 0.6) is 5.75 Å². The van der Waals surface area contributed by atoms with Crippen LogP contribution >= 0.6 is 0 Å². The molecular weight excluding hydrogens is 426 g/mol. The van der Waals surface area contributed by atoms with Gasteiger partial charge in [-0.2, -0.15) is 0 Å². The number of aromatic hydroxyl groups is 1. The Bertz CT molecular complexity index is 1150. The fraction of sp³-hybridized carbons (Fsp3) is 0.280. The molecule has 2 N–H and O–H groups in total. The number of nitrogens with one attached hydrogen (secondary N) is 1. The van der Waals surface area contributed by atoms with E-state index in [4.69, 9.17) is 4.42 Å². The van der Waals surface area contributed by atoms with Gasteiger partial charge in [0.05, 0.1) is 12.3 Å². The lowest BCUT2D eigenvalue weighted by Gasteiger charge is -2.10. The highest BCUT2D eigenvalue weighted by Crippen LogP contribution is 2.23. The zero-order valence-corrected chi connectivity index (χ0v) is 19.0. The molecule has 0 saturated heterocycles. The van der Waals surface area contributed by atoms with E-state index in [1.165, 1.54) is 6.26 Å². The topological polar surface area (TPSA) is 96.6 Å². The lowest BCUT2D eigenvalue weighted by atomic mass is 10.0. The first kappa shape index (κ1) is 23.5. The van der Waals surface area contributed by atoms with Gasteiger partial charge in [-0.25, -0.2) is 0 Å². The number of carbonyl (C=O) groups is 1. The first-order valence-corrected chi connectivity index (χ1v) is 12.2. The van der Waals surface area contributed by atoms with Gasteiger partial charge in [-0.05, 0) is 29.7 Å². The lowest BCUT2D eigenvalue weighted by Crippen LogP contribution is -2.09. The maximum absolute atomic E-state index is 12.1. The van der Waals surface area contributed by atoms with Crippen molar-refractivity contribution in [1.82, 2.24) is 0 Å². The summed E-state index contributed by atoms with van der Waals surface area (Å²) in [6.45, 7) is 2.18. The molecule has 32 heavy (non-hydrogen) atoms. The molecule has 0 spiro atoms. The molecule has 1 aromatic heterocycles. The number of Topliss-reactive ketones (excluding diaryl/α,β-unsaturated/α-hetero) is 1. The lowest BCUT2D eigenvalue weighted by molar-refractivity contribution is 0.0980. The highest BCUT2D eigenvalue weighted by atomic mass is 32.2. The minimum absolute atomic E-state index is 0.102. The maximum atomic E-state index is 12.1. The molecule has 0 aliphatic rings. The van der Waals surface area contributed by atoms with E-state index in [0.29, 0.717) is 6.42 Å². The Labute approximate surface area is 189 Å². The van der Waals surface area contributed by atoms with E-state index in [2.05, 4.69) is 12.2 Å². The molecule has 0 saturated carbocycles. The van der Waals surface area contributed by atoms with Crippen LogP contribution in [0.3, 0.4) is 0 Å². The van der Waals surface area contributed by atoms with Crippen molar-refractivity contribution in [2.75, 3.05) is 11.6 Å². The number of unbranched alkanes of at least 4 members (excludes halogenated alkanes) is 1. The molecule has 1 unspecified atom stereocenters. The Morgan fingerprint density at radius 3 is 2.28 bits per heavy atom. The van der Waals surface area contributed by atoms with E-state index < -0.39 is 22.0 Å². The van der Waals surface area contributed by atoms with Gasteiger partial charge in [0.25, 0.3) is 0 Å². The molecule has 0 aliphatic carbocycles. The third kappa shape index (κ3) is 6.17. The fourth-order valence-corrected chi connectivity index (χ4v) is 3.82. The molecule has 0 amide bonds. The van der Waals surface area contributed by atoms with Gasteiger partial charge in [-0.1, -0.05) is 49.7 Å². The molecule has 1 atom stereocenters. The van der Waals surface area contributed by atoms with E-state index in [1.807, 2.05) is 48.5 Å². The molecule has 0 aliphatic heterocycles. The standard InChI is InChI=1S/C25H27NO5S/c1-3-4-5-22(27)19-8-6-17(7-9-19)18-10-12-20(13-11-18)26-15-24-25(29)23(28)14-21(31-24)16-32(2)30/h6-14,26,29H,3-5,15-16H2,1-2H3. The first-order valence-electron chi connectivity index (χ1n) is 10.5. The van der Waals surface area contributed by atoms with E-state index in [0.717, 1.165) is 41.3 Å². The minimum atomic E-state index is -1.16. The van der Waals surface area contributed by atoms with Crippen molar-refractivity contribution in [3.63, 3.8) is 0 Å². The Kier molecular flexibility index (Phi) is 8.00. The second-order valence-electron chi connectivity index (χ2n) is 7.60. The zero-order chi connectivity index (χ0) is 23.1. The van der Waals surface area contributed by atoms with Crippen LogP contribution in [0.15, 0.2) is 63.8 Å². The Morgan fingerprint density at radius 1 is 1.06 bits per heavy atom. The molecule has 2 aromatic carbocycles. The van der Waals surface area contributed by atoms with Crippen LogP contribution in [-0.4, -0.2) is 21.4 Å². The second-order valence-corrected chi connectivity index (χ2v) is 9.04. The molecule has 3 rings (SSSR count). The quantitative estimate of drug-likeness (QED) is 0.425. The van der Waals surface area contributed by atoms with Gasteiger partial charge in [-0.3, -0.25) is 13.8 Å². The SMILES string of the molecule is CCCCC(=O)c1ccc(-c2ccc(NCc3oc(CS(C)=O)cc(=O)c3O)cc2)cc1. The van der Waals surface area contributed by atoms with Gasteiger partial charge >= 0.3 is 0 Å². The number of ketones is 1. The highest BCUT2D eigenvalue weighted by molar-refractivity contribution is 7.83. The highest BCUT2D eigenvalue weighted by Gasteiger charge is 2.12. The van der Waals surface area contributed by atoms with Crippen LogP contribution in [0.1, 0.15) is 48.1 Å². The average Bonchev–Trinajstić information content (AvgIpc) is 2.79. The van der Waals surface area contributed by atoms with Crippen molar-refractivity contribution in [3.05, 3.63) is 81.9 Å². The van der Waals surface area contributed by atoms with Gasteiger partial charge in [-0.15, -0.1) is 0 Å². The summed E-state index contributed by atoms with van der Waals surface area (Å²) in [5, 5.41) is 13.1. The summed E-state index contributed by atoms with van der Waals surface area (Å²) < 4.78 is 16.9. The summed E-state index contributed by atoms with van der Waals surface area (Å²) in [4.78, 5) is 24.1. The second kappa shape index (κ2) is 10.9. The number of anilines is 1. The third-order valence-electron chi connectivity index (χ3n) is 5.02. The predicted octanol–water partition coefficient (Wildman–Crippen LogP) is 4.88. The number of hydrogen-bond donors (Lipinski definition) is 2. The zero-order valence-electron chi connectivity index (χ0n) is 18.2. The molecule has 0 bridgehead atoms. The molecule has 168 valence electrons. The van der Waals surface area contributed by atoms with Crippen LogP contribution < -0.4 is 10.7 Å².